The van der Waals surface area contributed by atoms with Gasteiger partial charge in [-0.2, -0.15) is 0 Å². The summed E-state index contributed by atoms with van der Waals surface area (Å²) in [6, 6.07) is 20.1. The summed E-state index contributed by atoms with van der Waals surface area (Å²) in [7, 11) is 1.68. The molecule has 0 saturated carbocycles. The van der Waals surface area contributed by atoms with Crippen LogP contribution in [0.25, 0.3) is 0 Å². The van der Waals surface area contributed by atoms with Gasteiger partial charge in [-0.05, 0) is 60.4 Å². The van der Waals surface area contributed by atoms with E-state index in [1.54, 1.807) is 7.11 Å². The first kappa shape index (κ1) is 22.4. The van der Waals surface area contributed by atoms with Crippen LogP contribution >= 0.6 is 11.6 Å². The lowest BCUT2D eigenvalue weighted by molar-refractivity contribution is -0.122. The maximum Gasteiger partial charge on any atom is 0.222 e. The minimum Gasteiger partial charge on any atom is -0.497 e. The van der Waals surface area contributed by atoms with Crippen LogP contribution in [0.15, 0.2) is 73.1 Å². The molecule has 1 aromatic heterocycles. The van der Waals surface area contributed by atoms with Gasteiger partial charge in [0.15, 0.2) is 0 Å². The zero-order chi connectivity index (χ0) is 22.3. The van der Waals surface area contributed by atoms with Gasteiger partial charge in [0.25, 0.3) is 0 Å². The molecule has 1 aliphatic heterocycles. The van der Waals surface area contributed by atoms with Crippen molar-refractivity contribution in [2.45, 2.75) is 37.9 Å². The SMILES string of the molecule is COc1ccc(CN2CCC(NC(=O)CC(c3ccc(Cl)cc3)n3cccc3)CC2)cc1. The van der Waals surface area contributed by atoms with E-state index in [0.717, 1.165) is 43.8 Å². The molecule has 6 heteroatoms. The molecular formula is C26H30ClN3O2. The molecule has 1 amide bonds. The molecule has 4 rings (SSSR count). The number of carbonyl (C=O) groups is 1. The molecular weight excluding hydrogens is 422 g/mol. The van der Waals surface area contributed by atoms with Gasteiger partial charge in [0, 0.05) is 43.1 Å². The maximum absolute atomic E-state index is 12.9. The Kier molecular flexibility index (Phi) is 7.51. The van der Waals surface area contributed by atoms with Gasteiger partial charge in [-0.25, -0.2) is 0 Å². The number of ether oxygens (including phenoxy) is 1. The Morgan fingerprint density at radius 2 is 1.72 bits per heavy atom. The van der Waals surface area contributed by atoms with Gasteiger partial charge in [0.05, 0.1) is 19.6 Å². The Bertz CT molecular complexity index is 979. The van der Waals surface area contributed by atoms with Crippen molar-refractivity contribution in [3.63, 3.8) is 0 Å². The van der Waals surface area contributed by atoms with Crippen molar-refractivity contribution in [3.05, 3.63) is 89.2 Å². The number of nitrogens with zero attached hydrogens (tertiary/aromatic N) is 2. The van der Waals surface area contributed by atoms with Crippen LogP contribution in [0.5, 0.6) is 5.75 Å². The van der Waals surface area contributed by atoms with E-state index in [4.69, 9.17) is 16.3 Å². The number of nitrogens with one attached hydrogen (secondary N) is 1. The second-order valence-corrected chi connectivity index (χ2v) is 8.80. The Morgan fingerprint density at radius 3 is 2.34 bits per heavy atom. The third-order valence-electron chi connectivity index (χ3n) is 6.14. The highest BCUT2D eigenvalue weighted by atomic mass is 35.5. The summed E-state index contributed by atoms with van der Waals surface area (Å²) in [4.78, 5) is 15.4. The topological polar surface area (TPSA) is 46.5 Å². The van der Waals surface area contributed by atoms with Crippen molar-refractivity contribution in [2.24, 2.45) is 0 Å². The summed E-state index contributed by atoms with van der Waals surface area (Å²) in [5.74, 6) is 0.972. The van der Waals surface area contributed by atoms with Gasteiger partial charge in [-0.15, -0.1) is 0 Å². The average Bonchev–Trinajstić information content (AvgIpc) is 3.35. The fourth-order valence-electron chi connectivity index (χ4n) is 4.32. The number of hydrogen-bond acceptors (Lipinski definition) is 3. The summed E-state index contributed by atoms with van der Waals surface area (Å²) in [6.45, 7) is 2.89. The number of piperidine rings is 1. The number of hydrogen-bond donors (Lipinski definition) is 1. The molecule has 0 bridgehead atoms. The number of benzene rings is 2. The van der Waals surface area contributed by atoms with E-state index in [-0.39, 0.29) is 18.0 Å². The number of halogens is 1. The molecule has 1 N–H and O–H groups in total. The van der Waals surface area contributed by atoms with Gasteiger partial charge in [-0.3, -0.25) is 9.69 Å². The zero-order valence-electron chi connectivity index (χ0n) is 18.4. The first-order chi connectivity index (χ1) is 15.6. The monoisotopic (exact) mass is 451 g/mol. The number of carbonyl (C=O) groups excluding carboxylic acids is 1. The molecule has 0 radical (unpaired) electrons. The Morgan fingerprint density at radius 1 is 1.06 bits per heavy atom. The average molecular weight is 452 g/mol. The standard InChI is InChI=1S/C26H30ClN3O2/c1-32-24-10-4-20(5-11-24)19-29-16-12-23(13-17-29)28-26(31)18-25(30-14-2-3-15-30)21-6-8-22(27)9-7-21/h2-11,14-15,23,25H,12-13,16-19H2,1H3,(H,28,31). The van der Waals surface area contributed by atoms with Crippen molar-refractivity contribution < 1.29 is 9.53 Å². The molecule has 168 valence electrons. The summed E-state index contributed by atoms with van der Waals surface area (Å²) >= 11 is 6.06. The fraction of sp³-hybridized carbons (Fsp3) is 0.346. The molecule has 3 aromatic rings. The van der Waals surface area contributed by atoms with Gasteiger partial charge < -0.3 is 14.6 Å². The number of likely N-dealkylation sites (tertiary alicyclic amines) is 1. The first-order valence-corrected chi connectivity index (χ1v) is 11.5. The smallest absolute Gasteiger partial charge is 0.222 e. The van der Waals surface area contributed by atoms with Crippen LogP contribution < -0.4 is 10.1 Å². The summed E-state index contributed by atoms with van der Waals surface area (Å²) in [5, 5.41) is 3.97. The van der Waals surface area contributed by atoms with E-state index in [1.807, 2.05) is 60.9 Å². The summed E-state index contributed by atoms with van der Waals surface area (Å²) < 4.78 is 7.32. The number of methoxy groups -OCH3 is 1. The first-order valence-electron chi connectivity index (χ1n) is 11.1. The van der Waals surface area contributed by atoms with E-state index in [0.29, 0.717) is 11.4 Å². The molecule has 0 spiro atoms. The highest BCUT2D eigenvalue weighted by molar-refractivity contribution is 6.30. The highest BCUT2D eigenvalue weighted by Crippen LogP contribution is 2.24. The van der Waals surface area contributed by atoms with Crippen molar-refractivity contribution in [1.82, 2.24) is 14.8 Å². The lowest BCUT2D eigenvalue weighted by Crippen LogP contribution is -2.44. The second kappa shape index (κ2) is 10.7. The summed E-state index contributed by atoms with van der Waals surface area (Å²) in [5.41, 5.74) is 2.36. The van der Waals surface area contributed by atoms with E-state index >= 15 is 0 Å². The van der Waals surface area contributed by atoms with Gasteiger partial charge >= 0.3 is 0 Å². The number of amides is 1. The molecule has 2 aromatic carbocycles. The molecule has 2 heterocycles. The predicted octanol–water partition coefficient (Wildman–Crippen LogP) is 4.91. The molecule has 1 aliphatic rings. The fourth-order valence-corrected chi connectivity index (χ4v) is 4.45. The lowest BCUT2D eigenvalue weighted by atomic mass is 10.0. The van der Waals surface area contributed by atoms with Gasteiger partial charge in [0.1, 0.15) is 5.75 Å². The van der Waals surface area contributed by atoms with E-state index in [2.05, 4.69) is 26.9 Å². The molecule has 0 aliphatic carbocycles. The molecule has 5 nitrogen and oxygen atoms in total. The Labute approximate surface area is 194 Å². The Hall–Kier alpha value is -2.76. The van der Waals surface area contributed by atoms with Crippen molar-refractivity contribution in [1.29, 1.82) is 0 Å². The normalized spacial score (nSPS) is 15.9. The lowest BCUT2D eigenvalue weighted by Gasteiger charge is -2.32. The minimum atomic E-state index is -0.0440. The molecule has 32 heavy (non-hydrogen) atoms. The zero-order valence-corrected chi connectivity index (χ0v) is 19.2. The van der Waals surface area contributed by atoms with Crippen LogP contribution in [-0.2, 0) is 11.3 Å². The quantitative estimate of drug-likeness (QED) is 0.529. The number of aromatic nitrogens is 1. The highest BCUT2D eigenvalue weighted by Gasteiger charge is 2.23. The third kappa shape index (κ3) is 5.93. The largest absolute Gasteiger partial charge is 0.497 e. The van der Waals surface area contributed by atoms with Crippen molar-refractivity contribution in [3.8, 4) is 5.75 Å². The van der Waals surface area contributed by atoms with E-state index in [9.17, 15) is 4.79 Å². The Balaban J connectivity index is 1.29. The van der Waals surface area contributed by atoms with Crippen LogP contribution in [-0.4, -0.2) is 41.6 Å². The minimum absolute atomic E-state index is 0.0440. The molecule has 1 unspecified atom stereocenters. The van der Waals surface area contributed by atoms with Gasteiger partial charge in [0.2, 0.25) is 5.91 Å². The third-order valence-corrected chi connectivity index (χ3v) is 6.39. The van der Waals surface area contributed by atoms with Crippen LogP contribution in [0.1, 0.15) is 36.4 Å². The van der Waals surface area contributed by atoms with Crippen LogP contribution in [0, 0.1) is 0 Å². The summed E-state index contributed by atoms with van der Waals surface area (Å²) in [6.07, 6.45) is 6.35. The second-order valence-electron chi connectivity index (χ2n) is 8.37. The van der Waals surface area contributed by atoms with Gasteiger partial charge in [-0.1, -0.05) is 35.9 Å². The van der Waals surface area contributed by atoms with Crippen molar-refractivity contribution in [2.75, 3.05) is 20.2 Å². The predicted molar refractivity (Wildman–Crippen MR) is 128 cm³/mol. The molecule has 1 fully saturated rings. The van der Waals surface area contributed by atoms with Crippen molar-refractivity contribution >= 4 is 17.5 Å². The molecule has 1 saturated heterocycles. The van der Waals surface area contributed by atoms with E-state index < -0.39 is 0 Å². The molecule has 1 atom stereocenters. The van der Waals surface area contributed by atoms with E-state index in [1.165, 1.54) is 5.56 Å². The van der Waals surface area contributed by atoms with Crippen LogP contribution in [0.4, 0.5) is 0 Å². The number of rotatable bonds is 8. The maximum atomic E-state index is 12.9. The van der Waals surface area contributed by atoms with Crippen LogP contribution in [0.3, 0.4) is 0 Å². The van der Waals surface area contributed by atoms with Crippen LogP contribution in [0.2, 0.25) is 5.02 Å².